The van der Waals surface area contributed by atoms with Gasteiger partial charge in [0.2, 0.25) is 0 Å². The molecule has 0 heterocycles. The predicted molar refractivity (Wildman–Crippen MR) is 61.9 cm³/mol. The highest BCUT2D eigenvalue weighted by Gasteiger charge is 2.33. The summed E-state index contributed by atoms with van der Waals surface area (Å²) in [6.45, 7) is 0. The first-order valence-electron chi connectivity index (χ1n) is 5.64. The van der Waals surface area contributed by atoms with E-state index in [1.165, 1.54) is 0 Å². The highest BCUT2D eigenvalue weighted by Crippen LogP contribution is 2.41. The summed E-state index contributed by atoms with van der Waals surface area (Å²) < 4.78 is 10.4. The zero-order valence-electron chi connectivity index (χ0n) is 9.82. The van der Waals surface area contributed by atoms with E-state index in [-0.39, 0.29) is 0 Å². The van der Waals surface area contributed by atoms with Crippen LogP contribution in [0.5, 0.6) is 11.5 Å². The zero-order valence-corrected chi connectivity index (χ0v) is 9.82. The van der Waals surface area contributed by atoms with E-state index in [0.717, 1.165) is 31.2 Å². The fourth-order valence-corrected chi connectivity index (χ4v) is 2.37. The molecule has 0 amide bonds. The Morgan fingerprint density at radius 3 is 2.25 bits per heavy atom. The van der Waals surface area contributed by atoms with Crippen molar-refractivity contribution in [2.24, 2.45) is 0 Å². The van der Waals surface area contributed by atoms with Crippen LogP contribution in [0.1, 0.15) is 31.2 Å². The van der Waals surface area contributed by atoms with Crippen LogP contribution in [-0.4, -0.2) is 19.3 Å². The molecule has 0 aliphatic heterocycles. The van der Waals surface area contributed by atoms with E-state index in [1.807, 2.05) is 18.2 Å². The molecule has 0 unspecified atom stereocenters. The highest BCUT2D eigenvalue weighted by molar-refractivity contribution is 5.44. The molecule has 2 rings (SSSR count). The largest absolute Gasteiger partial charge is 0.493 e. The van der Waals surface area contributed by atoms with E-state index >= 15 is 0 Å². The second kappa shape index (κ2) is 4.34. The van der Waals surface area contributed by atoms with Crippen molar-refractivity contribution in [3.8, 4) is 11.5 Å². The number of benzene rings is 1. The van der Waals surface area contributed by atoms with E-state index in [9.17, 15) is 5.11 Å². The summed E-state index contributed by atoms with van der Waals surface area (Å²) in [7, 11) is 3.22. The molecule has 1 aliphatic carbocycles. The van der Waals surface area contributed by atoms with Gasteiger partial charge in [0.1, 0.15) is 0 Å². The molecule has 1 fully saturated rings. The van der Waals surface area contributed by atoms with Gasteiger partial charge in [0.05, 0.1) is 19.8 Å². The summed E-state index contributed by atoms with van der Waals surface area (Å²) in [6, 6.07) is 5.65. The number of methoxy groups -OCH3 is 2. The van der Waals surface area contributed by atoms with E-state index < -0.39 is 5.60 Å². The predicted octanol–water partition coefficient (Wildman–Crippen LogP) is 2.47. The maximum Gasteiger partial charge on any atom is 0.161 e. The van der Waals surface area contributed by atoms with E-state index in [0.29, 0.717) is 11.5 Å². The van der Waals surface area contributed by atoms with Crippen LogP contribution in [0.2, 0.25) is 0 Å². The highest BCUT2D eigenvalue weighted by atomic mass is 16.5. The van der Waals surface area contributed by atoms with E-state index in [2.05, 4.69) is 0 Å². The van der Waals surface area contributed by atoms with Crippen molar-refractivity contribution >= 4 is 0 Å². The molecule has 16 heavy (non-hydrogen) atoms. The Labute approximate surface area is 96.0 Å². The molecule has 3 heteroatoms. The second-order valence-electron chi connectivity index (χ2n) is 4.31. The van der Waals surface area contributed by atoms with Crippen molar-refractivity contribution in [3.63, 3.8) is 0 Å². The number of rotatable bonds is 3. The molecule has 0 bridgehead atoms. The van der Waals surface area contributed by atoms with Gasteiger partial charge >= 0.3 is 0 Å². The van der Waals surface area contributed by atoms with Gasteiger partial charge in [-0.05, 0) is 30.5 Å². The first kappa shape index (κ1) is 11.3. The Morgan fingerprint density at radius 1 is 1.06 bits per heavy atom. The van der Waals surface area contributed by atoms with Gasteiger partial charge in [-0.25, -0.2) is 0 Å². The number of hydrogen-bond donors (Lipinski definition) is 1. The summed E-state index contributed by atoms with van der Waals surface area (Å²) in [5.41, 5.74) is 0.266. The minimum atomic E-state index is -0.667. The lowest BCUT2D eigenvalue weighted by Crippen LogP contribution is -2.20. The molecule has 1 aliphatic rings. The molecular formula is C13H18O3. The third-order valence-electron chi connectivity index (χ3n) is 3.35. The van der Waals surface area contributed by atoms with Crippen LogP contribution in [0.3, 0.4) is 0 Å². The maximum absolute atomic E-state index is 10.4. The minimum Gasteiger partial charge on any atom is -0.493 e. The monoisotopic (exact) mass is 222 g/mol. The normalized spacial score (nSPS) is 18.4. The molecular weight excluding hydrogens is 204 g/mol. The lowest BCUT2D eigenvalue weighted by Gasteiger charge is -2.23. The molecule has 0 spiro atoms. The molecule has 1 aromatic carbocycles. The van der Waals surface area contributed by atoms with Gasteiger partial charge in [-0.15, -0.1) is 0 Å². The number of hydrogen-bond acceptors (Lipinski definition) is 3. The molecule has 1 N–H and O–H groups in total. The van der Waals surface area contributed by atoms with Crippen LogP contribution in [0, 0.1) is 0 Å². The Bertz CT molecular complexity index is 367. The molecule has 1 aromatic rings. The SMILES string of the molecule is COc1ccc(C2(O)CCCC2)cc1OC. The van der Waals surface area contributed by atoms with Gasteiger partial charge in [0.25, 0.3) is 0 Å². The molecule has 1 saturated carbocycles. The van der Waals surface area contributed by atoms with Crippen LogP contribution in [0.25, 0.3) is 0 Å². The van der Waals surface area contributed by atoms with Gasteiger partial charge < -0.3 is 14.6 Å². The van der Waals surface area contributed by atoms with Crippen LogP contribution in [0.4, 0.5) is 0 Å². The zero-order chi connectivity index (χ0) is 11.6. The van der Waals surface area contributed by atoms with Gasteiger partial charge in [0, 0.05) is 0 Å². The number of ether oxygens (including phenoxy) is 2. The summed E-state index contributed by atoms with van der Waals surface area (Å²) in [5.74, 6) is 1.38. The van der Waals surface area contributed by atoms with Crippen LogP contribution in [-0.2, 0) is 5.60 Å². The summed E-state index contributed by atoms with van der Waals surface area (Å²) in [4.78, 5) is 0. The molecule has 3 nitrogen and oxygen atoms in total. The summed E-state index contributed by atoms with van der Waals surface area (Å²) in [5, 5.41) is 10.4. The second-order valence-corrected chi connectivity index (χ2v) is 4.31. The Morgan fingerprint density at radius 2 is 1.69 bits per heavy atom. The molecule has 0 radical (unpaired) electrons. The standard InChI is InChI=1S/C13H18O3/c1-15-11-6-5-10(9-12(11)16-2)13(14)7-3-4-8-13/h5-6,9,14H,3-4,7-8H2,1-2H3. The molecule has 0 atom stereocenters. The van der Waals surface area contributed by atoms with E-state index in [1.54, 1.807) is 14.2 Å². The Balaban J connectivity index is 2.35. The first-order valence-corrected chi connectivity index (χ1v) is 5.64. The summed E-state index contributed by atoms with van der Waals surface area (Å²) in [6.07, 6.45) is 3.85. The average Bonchev–Trinajstić information content (AvgIpc) is 2.76. The van der Waals surface area contributed by atoms with Crippen molar-refractivity contribution in [3.05, 3.63) is 23.8 Å². The molecule has 0 aromatic heterocycles. The van der Waals surface area contributed by atoms with Gasteiger partial charge in [-0.2, -0.15) is 0 Å². The minimum absolute atomic E-state index is 0.667. The van der Waals surface area contributed by atoms with Gasteiger partial charge in [-0.1, -0.05) is 18.9 Å². The van der Waals surface area contributed by atoms with Crippen LogP contribution >= 0.6 is 0 Å². The quantitative estimate of drug-likeness (QED) is 0.853. The fraction of sp³-hybridized carbons (Fsp3) is 0.538. The van der Waals surface area contributed by atoms with Crippen LogP contribution < -0.4 is 9.47 Å². The van der Waals surface area contributed by atoms with Crippen molar-refractivity contribution in [2.75, 3.05) is 14.2 Å². The fourth-order valence-electron chi connectivity index (χ4n) is 2.37. The van der Waals surface area contributed by atoms with Crippen LogP contribution in [0.15, 0.2) is 18.2 Å². The molecule has 88 valence electrons. The lowest BCUT2D eigenvalue weighted by atomic mass is 9.92. The van der Waals surface area contributed by atoms with Crippen molar-refractivity contribution in [1.29, 1.82) is 0 Å². The number of aliphatic hydroxyl groups is 1. The maximum atomic E-state index is 10.4. The Hall–Kier alpha value is -1.22. The van der Waals surface area contributed by atoms with Crippen molar-refractivity contribution in [1.82, 2.24) is 0 Å². The lowest BCUT2D eigenvalue weighted by molar-refractivity contribution is 0.0442. The topological polar surface area (TPSA) is 38.7 Å². The van der Waals surface area contributed by atoms with Crippen molar-refractivity contribution < 1.29 is 14.6 Å². The third kappa shape index (κ3) is 1.87. The first-order chi connectivity index (χ1) is 7.69. The van der Waals surface area contributed by atoms with E-state index in [4.69, 9.17) is 9.47 Å². The van der Waals surface area contributed by atoms with Crippen molar-refractivity contribution in [2.45, 2.75) is 31.3 Å². The Kier molecular flexibility index (Phi) is 3.06. The smallest absolute Gasteiger partial charge is 0.161 e. The average molecular weight is 222 g/mol. The van der Waals surface area contributed by atoms with Gasteiger partial charge in [0.15, 0.2) is 11.5 Å². The summed E-state index contributed by atoms with van der Waals surface area (Å²) >= 11 is 0. The third-order valence-corrected chi connectivity index (χ3v) is 3.35. The van der Waals surface area contributed by atoms with Gasteiger partial charge in [-0.3, -0.25) is 0 Å². The molecule has 0 saturated heterocycles.